The minimum atomic E-state index is -3.61. The van der Waals surface area contributed by atoms with Crippen LogP contribution >= 0.6 is 10.7 Å². The summed E-state index contributed by atoms with van der Waals surface area (Å²) < 4.78 is 28.9. The Bertz CT molecular complexity index is 264. The number of ether oxygens (including phenoxy) is 1. The van der Waals surface area contributed by atoms with Gasteiger partial charge in [-0.25, -0.2) is 0 Å². The molecule has 1 rings (SSSR count). The average molecular weight is 243 g/mol. The topological polar surface area (TPSA) is 58.6 Å². The number of nitrogens with one attached hydrogen (secondary N) is 1. The summed E-state index contributed by atoms with van der Waals surface area (Å²) in [6, 6.07) is -0.171. The van der Waals surface area contributed by atoms with Crippen LogP contribution in [-0.4, -0.2) is 52.2 Å². The van der Waals surface area contributed by atoms with E-state index in [9.17, 15) is 8.42 Å². The molecule has 1 aliphatic rings. The largest absolute Gasteiger partial charge is 0.379 e. The minimum Gasteiger partial charge on any atom is -0.379 e. The van der Waals surface area contributed by atoms with Crippen molar-refractivity contribution in [3.8, 4) is 0 Å². The third kappa shape index (κ3) is 5.11. The summed E-state index contributed by atoms with van der Waals surface area (Å²) in [6.07, 6.45) is 0. The first-order chi connectivity index (χ1) is 6.47. The highest BCUT2D eigenvalue weighted by Crippen LogP contribution is 2.00. The number of hydrogen-bond donors (Lipinski definition) is 1. The van der Waals surface area contributed by atoms with Gasteiger partial charge in [-0.2, -0.15) is 13.1 Å². The lowest BCUT2D eigenvalue weighted by molar-refractivity contribution is 0.0354. The number of morpholine rings is 1. The average Bonchev–Trinajstić information content (AvgIpc) is 2.02. The zero-order valence-electron chi connectivity index (χ0n) is 8.07. The Morgan fingerprint density at radius 1 is 1.50 bits per heavy atom. The quantitative estimate of drug-likeness (QED) is 0.693. The zero-order chi connectivity index (χ0) is 10.6. The van der Waals surface area contributed by atoms with Crippen molar-refractivity contribution in [2.75, 3.05) is 32.8 Å². The fourth-order valence-corrected chi connectivity index (χ4v) is 2.46. The fraction of sp³-hybridized carbons (Fsp3) is 1.00. The first-order valence-corrected chi connectivity index (χ1v) is 6.80. The van der Waals surface area contributed by atoms with Gasteiger partial charge in [-0.3, -0.25) is 4.90 Å². The van der Waals surface area contributed by atoms with Gasteiger partial charge in [0.15, 0.2) is 0 Å². The molecule has 1 aliphatic heterocycles. The molecule has 0 saturated carbocycles. The smallest absolute Gasteiger partial charge is 0.297 e. The molecule has 5 nitrogen and oxygen atoms in total. The van der Waals surface area contributed by atoms with Crippen molar-refractivity contribution in [2.45, 2.75) is 13.0 Å². The van der Waals surface area contributed by atoms with Crippen LogP contribution in [0.3, 0.4) is 0 Å². The van der Waals surface area contributed by atoms with Crippen LogP contribution in [0.2, 0.25) is 0 Å². The molecule has 1 N–H and O–H groups in total. The van der Waals surface area contributed by atoms with Crippen LogP contribution in [-0.2, 0) is 14.0 Å². The lowest BCUT2D eigenvalue weighted by Crippen LogP contribution is -2.45. The molecule has 0 spiro atoms. The highest BCUT2D eigenvalue weighted by molar-refractivity contribution is 8.12. The molecule has 7 heteroatoms. The van der Waals surface area contributed by atoms with Crippen LogP contribution in [0.25, 0.3) is 0 Å². The molecule has 0 radical (unpaired) electrons. The molecule has 0 aliphatic carbocycles. The van der Waals surface area contributed by atoms with Crippen LogP contribution in [0.5, 0.6) is 0 Å². The summed E-state index contributed by atoms with van der Waals surface area (Å²) in [7, 11) is 1.45. The van der Waals surface area contributed by atoms with Gasteiger partial charge >= 0.3 is 0 Å². The number of nitrogens with zero attached hydrogens (tertiary/aromatic N) is 1. The molecule has 0 aromatic heterocycles. The molecule has 1 unspecified atom stereocenters. The molecule has 14 heavy (non-hydrogen) atoms. The Balaban J connectivity index is 2.28. The minimum absolute atomic E-state index is 0.171. The highest BCUT2D eigenvalue weighted by atomic mass is 35.7. The molecule has 0 bridgehead atoms. The second kappa shape index (κ2) is 5.27. The number of hydrogen-bond acceptors (Lipinski definition) is 4. The summed E-state index contributed by atoms with van der Waals surface area (Å²) in [5, 5.41) is 0. The number of halogens is 1. The second-order valence-corrected chi connectivity index (χ2v) is 5.70. The van der Waals surface area contributed by atoms with Gasteiger partial charge in [0.05, 0.1) is 13.2 Å². The van der Waals surface area contributed by atoms with Crippen LogP contribution in [0, 0.1) is 0 Å². The summed E-state index contributed by atoms with van der Waals surface area (Å²) in [5.74, 6) is 0. The van der Waals surface area contributed by atoms with Crippen molar-refractivity contribution in [1.82, 2.24) is 9.62 Å². The van der Waals surface area contributed by atoms with E-state index in [2.05, 4.69) is 9.62 Å². The van der Waals surface area contributed by atoms with Gasteiger partial charge in [0.2, 0.25) is 0 Å². The Morgan fingerprint density at radius 2 is 2.07 bits per heavy atom. The maximum atomic E-state index is 10.7. The van der Waals surface area contributed by atoms with Crippen molar-refractivity contribution < 1.29 is 13.2 Å². The molecule has 84 valence electrons. The third-order valence-corrected chi connectivity index (χ3v) is 2.93. The van der Waals surface area contributed by atoms with Gasteiger partial charge in [0, 0.05) is 36.4 Å². The van der Waals surface area contributed by atoms with Gasteiger partial charge in [-0.1, -0.05) is 0 Å². The lowest BCUT2D eigenvalue weighted by Gasteiger charge is -2.28. The van der Waals surface area contributed by atoms with E-state index in [0.29, 0.717) is 19.8 Å². The Morgan fingerprint density at radius 3 is 2.57 bits per heavy atom. The Labute approximate surface area is 88.9 Å². The van der Waals surface area contributed by atoms with Crippen LogP contribution in [0.1, 0.15) is 6.92 Å². The highest BCUT2D eigenvalue weighted by Gasteiger charge is 2.16. The Kier molecular flexibility index (Phi) is 4.59. The molecule has 0 amide bonds. The Hall–Kier alpha value is 0.120. The van der Waals surface area contributed by atoms with Crippen molar-refractivity contribution in [3.05, 3.63) is 0 Å². The molecule has 1 fully saturated rings. The fourth-order valence-electron chi connectivity index (χ4n) is 1.45. The standard InChI is InChI=1S/C7H15ClN2O3S/c1-7(9-14(8,11)12)6-10-2-4-13-5-3-10/h7,9H,2-6H2,1H3. The summed E-state index contributed by atoms with van der Waals surface area (Å²) >= 11 is 0. The van der Waals surface area contributed by atoms with E-state index in [1.54, 1.807) is 6.92 Å². The zero-order valence-corrected chi connectivity index (χ0v) is 9.64. The summed E-state index contributed by atoms with van der Waals surface area (Å²) in [6.45, 7) is 5.55. The summed E-state index contributed by atoms with van der Waals surface area (Å²) in [5.41, 5.74) is 0. The van der Waals surface area contributed by atoms with E-state index in [1.807, 2.05) is 0 Å². The maximum absolute atomic E-state index is 10.7. The predicted octanol–water partition coefficient (Wildman–Crippen LogP) is -0.220. The van der Waals surface area contributed by atoms with E-state index in [-0.39, 0.29) is 6.04 Å². The first-order valence-electron chi connectivity index (χ1n) is 4.49. The van der Waals surface area contributed by atoms with E-state index in [0.717, 1.165) is 13.1 Å². The molecule has 0 aromatic rings. The van der Waals surface area contributed by atoms with Crippen LogP contribution in [0.4, 0.5) is 0 Å². The molecule has 1 heterocycles. The van der Waals surface area contributed by atoms with E-state index < -0.39 is 9.24 Å². The van der Waals surface area contributed by atoms with Gasteiger partial charge < -0.3 is 4.74 Å². The maximum Gasteiger partial charge on any atom is 0.297 e. The number of rotatable bonds is 4. The van der Waals surface area contributed by atoms with E-state index in [1.165, 1.54) is 0 Å². The molecular weight excluding hydrogens is 228 g/mol. The van der Waals surface area contributed by atoms with Crippen LogP contribution < -0.4 is 4.72 Å². The normalized spacial score (nSPS) is 22.1. The molecule has 1 saturated heterocycles. The molecule has 1 atom stereocenters. The van der Waals surface area contributed by atoms with Crippen molar-refractivity contribution in [1.29, 1.82) is 0 Å². The molecule has 0 aromatic carbocycles. The van der Waals surface area contributed by atoms with Crippen molar-refractivity contribution in [2.24, 2.45) is 0 Å². The third-order valence-electron chi connectivity index (χ3n) is 1.98. The van der Waals surface area contributed by atoms with E-state index in [4.69, 9.17) is 15.4 Å². The van der Waals surface area contributed by atoms with E-state index >= 15 is 0 Å². The van der Waals surface area contributed by atoms with Gasteiger partial charge in [-0.15, -0.1) is 0 Å². The van der Waals surface area contributed by atoms with Crippen molar-refractivity contribution >= 4 is 19.9 Å². The van der Waals surface area contributed by atoms with Crippen molar-refractivity contribution in [3.63, 3.8) is 0 Å². The predicted molar refractivity (Wildman–Crippen MR) is 54.6 cm³/mol. The first kappa shape index (κ1) is 12.2. The second-order valence-electron chi connectivity index (χ2n) is 3.37. The molecular formula is C7H15ClN2O3S. The van der Waals surface area contributed by atoms with Gasteiger partial charge in [0.1, 0.15) is 0 Å². The monoisotopic (exact) mass is 242 g/mol. The van der Waals surface area contributed by atoms with Gasteiger partial charge in [-0.05, 0) is 6.92 Å². The SMILES string of the molecule is CC(CN1CCOCC1)NS(=O)(=O)Cl. The lowest BCUT2D eigenvalue weighted by atomic mass is 10.3. The van der Waals surface area contributed by atoms with Gasteiger partial charge in [0.25, 0.3) is 9.24 Å². The summed E-state index contributed by atoms with van der Waals surface area (Å²) in [4.78, 5) is 2.14. The van der Waals surface area contributed by atoms with Crippen LogP contribution in [0.15, 0.2) is 0 Å².